The smallest absolute Gasteiger partial charge is 0.231 e. The van der Waals surface area contributed by atoms with Gasteiger partial charge in [0.25, 0.3) is 0 Å². The highest BCUT2D eigenvalue weighted by Gasteiger charge is 2.08. The zero-order valence-corrected chi connectivity index (χ0v) is 8.09. The molecule has 1 heterocycles. The first-order valence-electron chi connectivity index (χ1n) is 5.00. The molecule has 0 bridgehead atoms. The second kappa shape index (κ2) is 5.94. The number of piperidine rings is 1. The molecule has 0 atom stereocenters. The fraction of sp³-hybridized carbons (Fsp3) is 0.889. The molecule has 4 nitrogen and oxygen atoms in total. The molecule has 1 amide bonds. The first-order chi connectivity index (χ1) is 6.29. The van der Waals surface area contributed by atoms with Gasteiger partial charge in [0.1, 0.15) is 0 Å². The summed E-state index contributed by atoms with van der Waals surface area (Å²) in [6, 6.07) is 0. The molecule has 4 heteroatoms. The maximum atomic E-state index is 10.4. The molecule has 0 unspecified atom stereocenters. The van der Waals surface area contributed by atoms with Crippen molar-refractivity contribution in [1.82, 2.24) is 10.2 Å². The highest BCUT2D eigenvalue weighted by atomic mass is 16.1. The lowest BCUT2D eigenvalue weighted by molar-refractivity contribution is -0.117. The Morgan fingerprint density at radius 1 is 1.31 bits per heavy atom. The van der Waals surface area contributed by atoms with Crippen LogP contribution < -0.4 is 11.1 Å². The quantitative estimate of drug-likeness (QED) is 0.570. The Bertz CT molecular complexity index is 155. The molecule has 1 fully saturated rings. The average Bonchev–Trinajstić information content (AvgIpc) is 2.14. The fourth-order valence-electron chi connectivity index (χ4n) is 1.63. The van der Waals surface area contributed by atoms with Crippen LogP contribution in [0.4, 0.5) is 0 Å². The third-order valence-corrected chi connectivity index (χ3v) is 2.35. The van der Waals surface area contributed by atoms with E-state index in [-0.39, 0.29) is 5.91 Å². The molecule has 0 aromatic carbocycles. The van der Waals surface area contributed by atoms with Gasteiger partial charge in [-0.1, -0.05) is 6.42 Å². The Balaban J connectivity index is 1.95. The second-order valence-corrected chi connectivity index (χ2v) is 3.55. The van der Waals surface area contributed by atoms with Crippen LogP contribution in [-0.2, 0) is 4.79 Å². The molecule has 3 N–H and O–H groups in total. The molecule has 13 heavy (non-hydrogen) atoms. The van der Waals surface area contributed by atoms with Gasteiger partial charge in [-0.25, -0.2) is 0 Å². The van der Waals surface area contributed by atoms with Gasteiger partial charge in [0.2, 0.25) is 5.91 Å². The molecule has 1 rings (SSSR count). The van der Waals surface area contributed by atoms with Gasteiger partial charge >= 0.3 is 0 Å². The number of carbonyl (C=O) groups is 1. The Labute approximate surface area is 79.5 Å². The van der Waals surface area contributed by atoms with Gasteiger partial charge in [-0.3, -0.25) is 4.79 Å². The van der Waals surface area contributed by atoms with Gasteiger partial charge in [-0.2, -0.15) is 0 Å². The number of nitrogens with zero attached hydrogens (tertiary/aromatic N) is 1. The maximum absolute atomic E-state index is 10.4. The van der Waals surface area contributed by atoms with Crippen molar-refractivity contribution in [2.75, 3.05) is 32.7 Å². The van der Waals surface area contributed by atoms with Gasteiger partial charge < -0.3 is 16.0 Å². The van der Waals surface area contributed by atoms with Gasteiger partial charge in [0.05, 0.1) is 6.54 Å². The Kier molecular flexibility index (Phi) is 4.78. The topological polar surface area (TPSA) is 58.4 Å². The summed E-state index contributed by atoms with van der Waals surface area (Å²) in [7, 11) is 0. The minimum absolute atomic E-state index is 0.279. The van der Waals surface area contributed by atoms with Crippen molar-refractivity contribution in [3.63, 3.8) is 0 Å². The molecule has 0 aromatic rings. The normalized spacial score (nSPS) is 18.8. The first kappa shape index (κ1) is 10.5. The van der Waals surface area contributed by atoms with Crippen molar-refractivity contribution in [3.05, 3.63) is 0 Å². The van der Waals surface area contributed by atoms with Gasteiger partial charge in [0.15, 0.2) is 0 Å². The molecule has 0 aliphatic carbocycles. The zero-order chi connectivity index (χ0) is 9.52. The summed E-state index contributed by atoms with van der Waals surface area (Å²) in [5, 5.41) is 3.02. The lowest BCUT2D eigenvalue weighted by Gasteiger charge is -2.26. The maximum Gasteiger partial charge on any atom is 0.231 e. The number of hydrogen-bond acceptors (Lipinski definition) is 3. The van der Waals surface area contributed by atoms with Crippen molar-refractivity contribution >= 4 is 5.91 Å². The highest BCUT2D eigenvalue weighted by molar-refractivity contribution is 5.75. The van der Waals surface area contributed by atoms with Crippen molar-refractivity contribution in [3.8, 4) is 0 Å². The number of nitrogens with two attached hydrogens (primary N) is 1. The molecule has 0 aromatic heterocycles. The van der Waals surface area contributed by atoms with Crippen LogP contribution in [0.2, 0.25) is 0 Å². The van der Waals surface area contributed by atoms with E-state index in [2.05, 4.69) is 10.2 Å². The number of likely N-dealkylation sites (tertiary alicyclic amines) is 1. The Morgan fingerprint density at radius 2 is 2.00 bits per heavy atom. The Morgan fingerprint density at radius 3 is 2.62 bits per heavy atom. The predicted molar refractivity (Wildman–Crippen MR) is 52.4 cm³/mol. The monoisotopic (exact) mass is 185 g/mol. The van der Waals surface area contributed by atoms with Crippen LogP contribution in [0.1, 0.15) is 19.3 Å². The van der Waals surface area contributed by atoms with E-state index in [1.807, 2.05) is 0 Å². The standard InChI is InChI=1S/C9H19N3O/c10-9(13)8-11-4-7-12-5-2-1-3-6-12/h11H,1-8H2,(H2,10,13). The van der Waals surface area contributed by atoms with Crippen LogP contribution in [0, 0.1) is 0 Å². The second-order valence-electron chi connectivity index (χ2n) is 3.55. The molecule has 1 aliphatic rings. The van der Waals surface area contributed by atoms with Gasteiger partial charge in [-0.05, 0) is 25.9 Å². The van der Waals surface area contributed by atoms with Crippen LogP contribution in [0.5, 0.6) is 0 Å². The summed E-state index contributed by atoms with van der Waals surface area (Å²) < 4.78 is 0. The summed E-state index contributed by atoms with van der Waals surface area (Å²) in [5.74, 6) is -0.279. The summed E-state index contributed by atoms with van der Waals surface area (Å²) in [6.07, 6.45) is 4.00. The summed E-state index contributed by atoms with van der Waals surface area (Å²) >= 11 is 0. The largest absolute Gasteiger partial charge is 0.369 e. The minimum Gasteiger partial charge on any atom is -0.369 e. The lowest BCUT2D eigenvalue weighted by Crippen LogP contribution is -2.38. The number of primary amides is 1. The number of rotatable bonds is 5. The summed E-state index contributed by atoms with van der Waals surface area (Å²) in [6.45, 7) is 4.61. The van der Waals surface area contributed by atoms with Gasteiger partial charge in [-0.15, -0.1) is 0 Å². The number of nitrogens with one attached hydrogen (secondary N) is 1. The van der Waals surface area contributed by atoms with E-state index in [0.29, 0.717) is 6.54 Å². The molecular formula is C9H19N3O. The third kappa shape index (κ3) is 4.85. The minimum atomic E-state index is -0.279. The van der Waals surface area contributed by atoms with Crippen LogP contribution in [0.3, 0.4) is 0 Å². The fourth-order valence-corrected chi connectivity index (χ4v) is 1.63. The van der Waals surface area contributed by atoms with Crippen molar-refractivity contribution in [2.45, 2.75) is 19.3 Å². The van der Waals surface area contributed by atoms with E-state index in [4.69, 9.17) is 5.73 Å². The summed E-state index contributed by atoms with van der Waals surface area (Å²) in [4.78, 5) is 12.8. The van der Waals surface area contributed by atoms with Crippen molar-refractivity contribution in [1.29, 1.82) is 0 Å². The van der Waals surface area contributed by atoms with E-state index in [1.165, 1.54) is 32.4 Å². The molecule has 1 aliphatic heterocycles. The van der Waals surface area contributed by atoms with E-state index in [1.54, 1.807) is 0 Å². The summed E-state index contributed by atoms with van der Waals surface area (Å²) in [5.41, 5.74) is 5.00. The third-order valence-electron chi connectivity index (χ3n) is 2.35. The van der Waals surface area contributed by atoms with Crippen LogP contribution >= 0.6 is 0 Å². The molecule has 0 saturated carbocycles. The molecule has 1 saturated heterocycles. The van der Waals surface area contributed by atoms with Crippen LogP contribution in [0.15, 0.2) is 0 Å². The van der Waals surface area contributed by atoms with Crippen molar-refractivity contribution < 1.29 is 4.79 Å². The molecule has 76 valence electrons. The molecule has 0 radical (unpaired) electrons. The predicted octanol–water partition coefficient (Wildman–Crippen LogP) is -0.453. The number of carbonyl (C=O) groups excluding carboxylic acids is 1. The first-order valence-corrected chi connectivity index (χ1v) is 5.00. The van der Waals surface area contributed by atoms with E-state index >= 15 is 0 Å². The van der Waals surface area contributed by atoms with Crippen LogP contribution in [-0.4, -0.2) is 43.5 Å². The van der Waals surface area contributed by atoms with Gasteiger partial charge in [0, 0.05) is 13.1 Å². The number of hydrogen-bond donors (Lipinski definition) is 2. The average molecular weight is 185 g/mol. The van der Waals surface area contributed by atoms with E-state index in [0.717, 1.165) is 13.1 Å². The zero-order valence-electron chi connectivity index (χ0n) is 8.09. The Hall–Kier alpha value is -0.610. The van der Waals surface area contributed by atoms with Crippen molar-refractivity contribution in [2.24, 2.45) is 5.73 Å². The van der Waals surface area contributed by atoms with E-state index < -0.39 is 0 Å². The highest BCUT2D eigenvalue weighted by Crippen LogP contribution is 2.06. The lowest BCUT2D eigenvalue weighted by atomic mass is 10.1. The number of amides is 1. The van der Waals surface area contributed by atoms with Crippen LogP contribution in [0.25, 0.3) is 0 Å². The molecular weight excluding hydrogens is 166 g/mol. The SMILES string of the molecule is NC(=O)CNCCN1CCCCC1. The molecule has 0 spiro atoms. The van der Waals surface area contributed by atoms with E-state index in [9.17, 15) is 4.79 Å².